The van der Waals surface area contributed by atoms with Gasteiger partial charge in [-0.1, -0.05) is 18.2 Å². The van der Waals surface area contributed by atoms with Crippen LogP contribution in [-0.2, 0) is 15.5 Å². The van der Waals surface area contributed by atoms with E-state index >= 15 is 0 Å². The van der Waals surface area contributed by atoms with Gasteiger partial charge in [0, 0.05) is 30.3 Å². The Bertz CT molecular complexity index is 810. The Balaban J connectivity index is 2.71. The van der Waals surface area contributed by atoms with Crippen molar-refractivity contribution in [3.8, 4) is 0 Å². The average molecular weight is 309 g/mol. The van der Waals surface area contributed by atoms with Gasteiger partial charge in [0.05, 0.1) is 15.7 Å². The molecule has 1 aromatic rings. The van der Waals surface area contributed by atoms with Crippen molar-refractivity contribution in [3.05, 3.63) is 53.2 Å². The molecule has 0 N–H and O–H groups in total. The van der Waals surface area contributed by atoms with Gasteiger partial charge >= 0.3 is 0 Å². The highest BCUT2D eigenvalue weighted by Crippen LogP contribution is 2.29. The minimum atomic E-state index is -4.63. The molecule has 3 nitrogen and oxygen atoms in total. The molecular weight excluding hydrogens is 293 g/mol. The number of nitrogens with zero attached hydrogens (tertiary/aromatic N) is 1. The number of hydrogen-bond donors (Lipinski definition) is 0. The van der Waals surface area contributed by atoms with E-state index in [9.17, 15) is 8.42 Å². The van der Waals surface area contributed by atoms with Gasteiger partial charge in [-0.05, 0) is 24.1 Å². The van der Waals surface area contributed by atoms with Crippen LogP contribution >= 0.6 is 22.3 Å². The molecule has 0 bridgehead atoms. The predicted molar refractivity (Wildman–Crippen MR) is 73.1 cm³/mol. The second kappa shape index (κ2) is 5.43. The lowest BCUT2D eigenvalue weighted by Gasteiger charge is -2.17. The van der Waals surface area contributed by atoms with Gasteiger partial charge in [-0.3, -0.25) is 4.98 Å². The largest absolute Gasteiger partial charge is 0.265 e. The van der Waals surface area contributed by atoms with E-state index in [4.69, 9.17) is 29.1 Å². The Morgan fingerprint density at radius 2 is 2.06 bits per heavy atom. The molecule has 0 saturated carbocycles. The molecule has 6 heteroatoms. The monoisotopic (exact) mass is 308 g/mol. The first-order valence-electron chi connectivity index (χ1n) is 7.35. The molecule has 1 heterocycles. The molecule has 0 amide bonds. The summed E-state index contributed by atoms with van der Waals surface area (Å²) in [6.45, 7) is 0. The zero-order valence-electron chi connectivity index (χ0n) is 13.9. The van der Waals surface area contributed by atoms with Crippen LogP contribution in [-0.4, -0.2) is 18.8 Å². The van der Waals surface area contributed by atoms with E-state index in [1.165, 1.54) is 12.4 Å². The summed E-state index contributed by atoms with van der Waals surface area (Å²) in [5.41, 5.74) is 0.510. The maximum absolute atomic E-state index is 11.7. The van der Waals surface area contributed by atoms with Gasteiger partial charge in [-0.2, -0.15) is 0 Å². The van der Waals surface area contributed by atoms with Gasteiger partial charge < -0.3 is 0 Å². The SMILES string of the molecule is [2H]C1=C([2H])C([2H])(Cc2ccncc2)C([2H])=C(S(=O)(=O)Cl)C1([2H])Cl. The van der Waals surface area contributed by atoms with Gasteiger partial charge in [0.25, 0.3) is 9.05 Å². The topological polar surface area (TPSA) is 47.0 Å². The summed E-state index contributed by atoms with van der Waals surface area (Å²) in [6, 6.07) is 0.596. The molecular formula is C12H11Cl2NO2S. The van der Waals surface area contributed by atoms with Crippen molar-refractivity contribution < 1.29 is 15.3 Å². The number of pyridine rings is 1. The van der Waals surface area contributed by atoms with Crippen LogP contribution in [0, 0.1) is 5.89 Å². The molecule has 96 valence electrons. The third kappa shape index (κ3) is 3.34. The zero-order valence-corrected chi connectivity index (χ0v) is 11.3. The van der Waals surface area contributed by atoms with Crippen LogP contribution in [0.2, 0.25) is 0 Å². The second-order valence-electron chi connectivity index (χ2n) is 3.47. The third-order valence-electron chi connectivity index (χ3n) is 2.16. The second-order valence-corrected chi connectivity index (χ2v) is 6.35. The minimum Gasteiger partial charge on any atom is -0.265 e. The van der Waals surface area contributed by atoms with Crippen molar-refractivity contribution in [2.75, 3.05) is 0 Å². The molecule has 18 heavy (non-hydrogen) atoms. The first-order chi connectivity index (χ1) is 10.4. The maximum Gasteiger partial charge on any atom is 0.258 e. The third-order valence-corrected chi connectivity index (χ3v) is 3.81. The van der Waals surface area contributed by atoms with Crippen molar-refractivity contribution in [2.45, 2.75) is 11.8 Å². The summed E-state index contributed by atoms with van der Waals surface area (Å²) in [7, 11) is 0.637. The molecule has 0 aliphatic heterocycles. The first kappa shape index (κ1) is 8.35. The van der Waals surface area contributed by atoms with E-state index in [2.05, 4.69) is 4.98 Å². The van der Waals surface area contributed by atoms with Crippen LogP contribution < -0.4 is 0 Å². The summed E-state index contributed by atoms with van der Waals surface area (Å²) in [5.74, 6) is -2.19. The normalized spacial score (nSPS) is 37.6. The summed E-state index contributed by atoms with van der Waals surface area (Å²) < 4.78 is 63.5. The maximum atomic E-state index is 11.7. The highest BCUT2D eigenvalue weighted by atomic mass is 35.7. The minimum absolute atomic E-state index is 0.252. The van der Waals surface area contributed by atoms with Crippen LogP contribution in [0.25, 0.3) is 0 Å². The molecule has 0 radical (unpaired) electrons. The molecule has 0 fully saturated rings. The van der Waals surface area contributed by atoms with Gasteiger partial charge in [0.15, 0.2) is 0 Å². The number of aromatic nitrogens is 1. The van der Waals surface area contributed by atoms with E-state index in [1.54, 1.807) is 12.1 Å². The molecule has 1 aromatic heterocycles. The van der Waals surface area contributed by atoms with Crippen molar-refractivity contribution in [3.63, 3.8) is 0 Å². The molecule has 0 spiro atoms. The summed E-state index contributed by atoms with van der Waals surface area (Å²) in [6.07, 6.45) is 2.64. The molecule has 2 unspecified atom stereocenters. The fraction of sp³-hybridized carbons (Fsp3) is 0.250. The number of halogens is 2. The standard InChI is InChI=1S/C12H11Cl2NO2S/c13-11-2-1-10(8-12(11)18(14,16)17)7-9-3-5-15-6-4-9/h1-6,8,10-11H,7H2/i1D,2D,8D,10D,11D. The molecule has 2 rings (SSSR count). The Labute approximate surface area is 123 Å². The Hall–Kier alpha value is -0.840. The van der Waals surface area contributed by atoms with Crippen LogP contribution in [0.4, 0.5) is 0 Å². The zero-order chi connectivity index (χ0) is 17.6. The smallest absolute Gasteiger partial charge is 0.258 e. The number of hydrogen-bond acceptors (Lipinski definition) is 3. The highest BCUT2D eigenvalue weighted by molar-refractivity contribution is 8.16. The number of rotatable bonds is 3. The van der Waals surface area contributed by atoms with E-state index in [-0.39, 0.29) is 6.42 Å². The predicted octanol–water partition coefficient (Wildman–Crippen LogP) is 2.87. The summed E-state index contributed by atoms with van der Waals surface area (Å²) in [4.78, 5) is 2.75. The highest BCUT2D eigenvalue weighted by Gasteiger charge is 2.25. The fourth-order valence-electron chi connectivity index (χ4n) is 1.37. The van der Waals surface area contributed by atoms with Crippen LogP contribution in [0.15, 0.2) is 47.6 Å². The van der Waals surface area contributed by atoms with Crippen LogP contribution in [0.1, 0.15) is 12.4 Å². The molecule has 2 atom stereocenters. The van der Waals surface area contributed by atoms with Gasteiger partial charge in [0.2, 0.25) is 0 Å². The van der Waals surface area contributed by atoms with Gasteiger partial charge in [0.1, 0.15) is 0 Å². The van der Waals surface area contributed by atoms with Crippen molar-refractivity contribution in [1.29, 1.82) is 0 Å². The Kier molecular flexibility index (Phi) is 2.52. The van der Waals surface area contributed by atoms with Crippen molar-refractivity contribution in [1.82, 2.24) is 4.98 Å². The van der Waals surface area contributed by atoms with Crippen LogP contribution in [0.3, 0.4) is 0 Å². The first-order valence-corrected chi connectivity index (χ1v) is 7.54. The van der Waals surface area contributed by atoms with Crippen molar-refractivity contribution in [2.24, 2.45) is 5.89 Å². The molecule has 0 saturated heterocycles. The quantitative estimate of drug-likeness (QED) is 0.490. The van der Waals surface area contributed by atoms with E-state index in [1.807, 2.05) is 0 Å². The van der Waals surface area contributed by atoms with Crippen LogP contribution in [0.5, 0.6) is 0 Å². The van der Waals surface area contributed by atoms with E-state index < -0.39 is 43.4 Å². The summed E-state index contributed by atoms with van der Waals surface area (Å²) in [5, 5.41) is -2.70. The lowest BCUT2D eigenvalue weighted by atomic mass is 9.95. The average Bonchev–Trinajstić information content (AvgIpc) is 2.43. The van der Waals surface area contributed by atoms with Crippen molar-refractivity contribution >= 4 is 31.3 Å². The summed E-state index contributed by atoms with van der Waals surface area (Å²) >= 11 is 5.76. The van der Waals surface area contributed by atoms with E-state index in [0.717, 1.165) is 0 Å². The number of allylic oxidation sites excluding steroid dienone is 4. The molecule has 0 aromatic carbocycles. The fourth-order valence-corrected chi connectivity index (χ4v) is 2.75. The van der Waals surface area contributed by atoms with E-state index in [0.29, 0.717) is 5.56 Å². The lowest BCUT2D eigenvalue weighted by molar-refractivity contribution is 0.613. The number of alkyl halides is 1. The Morgan fingerprint density at radius 1 is 1.39 bits per heavy atom. The Morgan fingerprint density at radius 3 is 2.67 bits per heavy atom. The molecule has 1 aliphatic carbocycles. The molecule has 1 aliphatic rings. The van der Waals surface area contributed by atoms with Gasteiger partial charge in [-0.15, -0.1) is 11.6 Å². The lowest BCUT2D eigenvalue weighted by Crippen LogP contribution is -2.14. The van der Waals surface area contributed by atoms with Gasteiger partial charge in [-0.25, -0.2) is 8.42 Å².